The smallest absolute Gasteiger partial charge is 0.142 e. The first-order valence-electron chi connectivity index (χ1n) is 6.86. The molecule has 0 spiro atoms. The van der Waals surface area contributed by atoms with Crippen molar-refractivity contribution in [2.24, 2.45) is 5.92 Å². The zero-order valence-electron chi connectivity index (χ0n) is 11.1. The van der Waals surface area contributed by atoms with Crippen molar-refractivity contribution in [3.05, 3.63) is 48.0 Å². The van der Waals surface area contributed by atoms with Gasteiger partial charge in [0.15, 0.2) is 0 Å². The first-order chi connectivity index (χ1) is 9.24. The molecule has 0 radical (unpaired) electrons. The molecule has 2 atom stereocenters. The van der Waals surface area contributed by atoms with Gasteiger partial charge in [0, 0.05) is 18.9 Å². The van der Waals surface area contributed by atoms with E-state index >= 15 is 0 Å². The maximum atomic E-state index is 12.3. The summed E-state index contributed by atoms with van der Waals surface area (Å²) in [6.45, 7) is 2.71. The quantitative estimate of drug-likeness (QED) is 0.839. The number of carbonyl (C=O) groups is 1. The number of ketones is 1. The first kappa shape index (κ1) is 12.4. The van der Waals surface area contributed by atoms with Gasteiger partial charge in [-0.15, -0.1) is 0 Å². The fourth-order valence-electron chi connectivity index (χ4n) is 2.84. The van der Waals surface area contributed by atoms with E-state index in [2.05, 4.69) is 30.3 Å². The molecule has 2 heteroatoms. The van der Waals surface area contributed by atoms with E-state index in [4.69, 9.17) is 4.74 Å². The topological polar surface area (TPSA) is 26.3 Å². The summed E-state index contributed by atoms with van der Waals surface area (Å²) in [5.74, 6) is 0.381. The predicted molar refractivity (Wildman–Crippen MR) is 76.2 cm³/mol. The Balaban J connectivity index is 1.79. The lowest BCUT2D eigenvalue weighted by Gasteiger charge is -2.12. The van der Waals surface area contributed by atoms with Crippen molar-refractivity contribution in [2.75, 3.05) is 6.61 Å². The van der Waals surface area contributed by atoms with Crippen molar-refractivity contribution in [3.63, 3.8) is 0 Å². The Morgan fingerprint density at radius 1 is 1.21 bits per heavy atom. The van der Waals surface area contributed by atoms with Gasteiger partial charge in [-0.05, 0) is 29.7 Å². The largest absolute Gasteiger partial charge is 0.378 e. The van der Waals surface area contributed by atoms with Gasteiger partial charge in [-0.3, -0.25) is 4.79 Å². The number of hydrogen-bond acceptors (Lipinski definition) is 2. The lowest BCUT2D eigenvalue weighted by atomic mass is 9.92. The van der Waals surface area contributed by atoms with Gasteiger partial charge in [0.05, 0.1) is 6.10 Å². The molecular formula is C17H18O2. The predicted octanol–water partition coefficient (Wildman–Crippen LogP) is 3.38. The van der Waals surface area contributed by atoms with Crippen molar-refractivity contribution in [1.82, 2.24) is 0 Å². The molecule has 0 N–H and O–H groups in total. The van der Waals surface area contributed by atoms with Crippen LogP contribution in [0.25, 0.3) is 10.8 Å². The van der Waals surface area contributed by atoms with E-state index in [0.717, 1.165) is 18.6 Å². The Morgan fingerprint density at radius 2 is 2.00 bits per heavy atom. The van der Waals surface area contributed by atoms with E-state index in [1.807, 2.05) is 19.1 Å². The monoisotopic (exact) mass is 254 g/mol. The van der Waals surface area contributed by atoms with Crippen molar-refractivity contribution in [3.8, 4) is 0 Å². The molecule has 0 saturated carbocycles. The number of rotatable bonds is 3. The van der Waals surface area contributed by atoms with Crippen LogP contribution in [0.3, 0.4) is 0 Å². The first-order valence-corrected chi connectivity index (χ1v) is 6.86. The van der Waals surface area contributed by atoms with E-state index in [1.165, 1.54) is 10.8 Å². The van der Waals surface area contributed by atoms with Crippen LogP contribution in [0.4, 0.5) is 0 Å². The molecule has 0 aromatic heterocycles. The molecule has 2 aromatic carbocycles. The van der Waals surface area contributed by atoms with Crippen molar-refractivity contribution in [1.29, 1.82) is 0 Å². The Bertz CT molecular complexity index is 603. The summed E-state index contributed by atoms with van der Waals surface area (Å²) in [5, 5.41) is 2.42. The minimum Gasteiger partial charge on any atom is -0.378 e. The maximum Gasteiger partial charge on any atom is 0.142 e. The van der Waals surface area contributed by atoms with Crippen LogP contribution >= 0.6 is 0 Å². The van der Waals surface area contributed by atoms with Crippen LogP contribution in [0.2, 0.25) is 0 Å². The third-order valence-electron chi connectivity index (χ3n) is 3.98. The van der Waals surface area contributed by atoms with Crippen LogP contribution in [0.5, 0.6) is 0 Å². The van der Waals surface area contributed by atoms with Crippen LogP contribution in [-0.2, 0) is 16.0 Å². The summed E-state index contributed by atoms with van der Waals surface area (Å²) in [5.41, 5.74) is 1.10. The molecule has 0 amide bonds. The zero-order chi connectivity index (χ0) is 13.2. The highest BCUT2D eigenvalue weighted by atomic mass is 16.5. The molecule has 0 aliphatic carbocycles. The highest BCUT2D eigenvalue weighted by Crippen LogP contribution is 2.24. The molecule has 1 aliphatic heterocycles. The van der Waals surface area contributed by atoms with Crippen LogP contribution in [0, 0.1) is 5.92 Å². The molecule has 19 heavy (non-hydrogen) atoms. The molecule has 98 valence electrons. The summed E-state index contributed by atoms with van der Waals surface area (Å²) >= 11 is 0. The number of benzene rings is 2. The second kappa shape index (κ2) is 5.14. The summed E-state index contributed by atoms with van der Waals surface area (Å²) in [4.78, 5) is 12.3. The highest BCUT2D eigenvalue weighted by molar-refractivity contribution is 5.87. The number of carbonyl (C=O) groups excluding carboxylic acids is 1. The summed E-state index contributed by atoms with van der Waals surface area (Å²) in [6.07, 6.45) is 1.46. The molecule has 2 aromatic rings. The van der Waals surface area contributed by atoms with Crippen molar-refractivity contribution in [2.45, 2.75) is 25.9 Å². The molecule has 2 unspecified atom stereocenters. The van der Waals surface area contributed by atoms with Gasteiger partial charge in [-0.1, -0.05) is 42.5 Å². The Hall–Kier alpha value is -1.67. The van der Waals surface area contributed by atoms with Gasteiger partial charge in [-0.25, -0.2) is 0 Å². The Kier molecular flexibility index (Phi) is 3.34. The Morgan fingerprint density at radius 3 is 2.74 bits per heavy atom. The number of ether oxygens (including phenoxy) is 1. The maximum absolute atomic E-state index is 12.3. The summed E-state index contributed by atoms with van der Waals surface area (Å²) < 4.78 is 5.47. The average Bonchev–Trinajstić information content (AvgIpc) is 2.85. The third-order valence-corrected chi connectivity index (χ3v) is 3.98. The molecule has 2 nitrogen and oxygen atoms in total. The SMILES string of the molecule is CC1OCCC1C(=O)Cc1ccc2ccccc2c1. The normalized spacial score (nSPS) is 22.8. The second-order valence-corrected chi connectivity index (χ2v) is 5.30. The summed E-state index contributed by atoms with van der Waals surface area (Å²) in [7, 11) is 0. The third kappa shape index (κ3) is 2.54. The van der Waals surface area contributed by atoms with Gasteiger partial charge >= 0.3 is 0 Å². The fraction of sp³-hybridized carbons (Fsp3) is 0.353. The fourth-order valence-corrected chi connectivity index (χ4v) is 2.84. The van der Waals surface area contributed by atoms with Crippen LogP contribution < -0.4 is 0 Å². The second-order valence-electron chi connectivity index (χ2n) is 5.30. The number of hydrogen-bond donors (Lipinski definition) is 0. The van der Waals surface area contributed by atoms with Gasteiger partial charge in [0.2, 0.25) is 0 Å². The van der Waals surface area contributed by atoms with Gasteiger partial charge in [0.1, 0.15) is 5.78 Å². The molecule has 3 rings (SSSR count). The van der Waals surface area contributed by atoms with Crippen LogP contribution in [0.15, 0.2) is 42.5 Å². The van der Waals surface area contributed by atoms with Gasteiger partial charge in [0.25, 0.3) is 0 Å². The molecule has 1 fully saturated rings. The molecule has 1 aliphatic rings. The standard InChI is InChI=1S/C17H18O2/c1-12-16(8-9-19-12)17(18)11-13-6-7-14-4-2-3-5-15(14)10-13/h2-7,10,12,16H,8-9,11H2,1H3. The lowest BCUT2D eigenvalue weighted by molar-refractivity contribution is -0.123. The Labute approximate surface area is 113 Å². The molecular weight excluding hydrogens is 236 g/mol. The molecule has 1 saturated heterocycles. The minimum atomic E-state index is 0.0754. The number of fused-ring (bicyclic) bond motifs is 1. The van der Waals surface area contributed by atoms with E-state index in [9.17, 15) is 4.79 Å². The van der Waals surface area contributed by atoms with Crippen molar-refractivity contribution < 1.29 is 9.53 Å². The van der Waals surface area contributed by atoms with Crippen LogP contribution in [0.1, 0.15) is 18.9 Å². The molecule has 1 heterocycles. The zero-order valence-corrected chi connectivity index (χ0v) is 11.1. The average molecular weight is 254 g/mol. The van der Waals surface area contributed by atoms with Gasteiger partial charge in [-0.2, -0.15) is 0 Å². The van der Waals surface area contributed by atoms with Crippen LogP contribution in [-0.4, -0.2) is 18.5 Å². The lowest BCUT2D eigenvalue weighted by Crippen LogP contribution is -2.23. The van der Waals surface area contributed by atoms with E-state index < -0.39 is 0 Å². The van der Waals surface area contributed by atoms with E-state index in [0.29, 0.717) is 12.2 Å². The number of Topliss-reactive ketones (excluding diaryl/α,β-unsaturated/α-hetero) is 1. The van der Waals surface area contributed by atoms with Gasteiger partial charge < -0.3 is 4.74 Å². The van der Waals surface area contributed by atoms with E-state index in [-0.39, 0.29) is 12.0 Å². The molecule has 0 bridgehead atoms. The minimum absolute atomic E-state index is 0.0754. The highest BCUT2D eigenvalue weighted by Gasteiger charge is 2.30. The van der Waals surface area contributed by atoms with Crippen molar-refractivity contribution >= 4 is 16.6 Å². The summed E-state index contributed by atoms with van der Waals surface area (Å²) in [6, 6.07) is 14.5. The van der Waals surface area contributed by atoms with E-state index in [1.54, 1.807) is 0 Å².